The molecule has 1 amide bonds. The summed E-state index contributed by atoms with van der Waals surface area (Å²) in [6.07, 6.45) is 8.68. The number of rotatable bonds is 16. The summed E-state index contributed by atoms with van der Waals surface area (Å²) in [5, 5.41) is 17.9. The van der Waals surface area contributed by atoms with Gasteiger partial charge in [-0.25, -0.2) is 4.58 Å². The minimum atomic E-state index is -2.08. The third-order valence-electron chi connectivity index (χ3n) is 13.7. The Kier molecular flexibility index (Phi) is 11.9. The Morgan fingerprint density at radius 1 is 0.783 bits per heavy atom. The van der Waals surface area contributed by atoms with Gasteiger partial charge in [-0.2, -0.15) is 0 Å². The second kappa shape index (κ2) is 17.1. The van der Waals surface area contributed by atoms with Gasteiger partial charge in [0, 0.05) is 62.4 Å². The van der Waals surface area contributed by atoms with Crippen molar-refractivity contribution in [1.29, 1.82) is 0 Å². The number of ketones is 1. The van der Waals surface area contributed by atoms with Crippen molar-refractivity contribution in [2.75, 3.05) is 45.2 Å². The van der Waals surface area contributed by atoms with Gasteiger partial charge in [0.2, 0.25) is 11.3 Å². The molecule has 0 fully saturated rings. The number of aryl methyl sites for hydroxylation is 1. The van der Waals surface area contributed by atoms with Gasteiger partial charge in [-0.3, -0.25) is 9.59 Å². The van der Waals surface area contributed by atoms with Crippen molar-refractivity contribution in [1.82, 2.24) is 15.2 Å². The molecule has 60 heavy (non-hydrogen) atoms. The van der Waals surface area contributed by atoms with Gasteiger partial charge >= 0.3 is 0 Å². The lowest BCUT2D eigenvalue weighted by Crippen LogP contribution is -2.63. The topological polar surface area (TPSA) is 64.5 Å². The molecule has 3 aliphatic heterocycles. The fourth-order valence-corrected chi connectivity index (χ4v) is 13.2. The van der Waals surface area contributed by atoms with Crippen molar-refractivity contribution in [2.24, 2.45) is 0 Å². The smallest absolute Gasteiger partial charge is 0.246 e. The first-order chi connectivity index (χ1) is 28.8. The number of nitrogens with zero attached hydrogens (tertiary/aromatic N) is 2. The van der Waals surface area contributed by atoms with Crippen LogP contribution in [0, 0.1) is 0 Å². The zero-order valence-electron chi connectivity index (χ0n) is 36.9. The predicted molar refractivity (Wildman–Crippen MR) is 255 cm³/mol. The van der Waals surface area contributed by atoms with E-state index in [4.69, 9.17) is 0 Å². The molecular weight excluding hydrogens is 753 g/mol. The van der Waals surface area contributed by atoms with E-state index in [2.05, 4.69) is 127 Å². The lowest BCUT2D eigenvalue weighted by Gasteiger charge is -2.34. The highest BCUT2D eigenvalue weighted by Gasteiger charge is 2.38. The summed E-state index contributed by atoms with van der Waals surface area (Å²) < 4.78 is 2.45. The molecule has 5 aromatic rings. The number of Topliss-reactive ketones (excluding diaryl/α,β-unsaturated/α-hetero) is 1. The van der Waals surface area contributed by atoms with Crippen LogP contribution >= 0.6 is 0 Å². The van der Waals surface area contributed by atoms with Crippen LogP contribution in [0.1, 0.15) is 85.8 Å². The molecule has 8 rings (SSSR count). The molecule has 3 aliphatic rings. The standard InChI is InChI=1S/C53H62N4O2Si/c1-34(2)49(58)19-12-10-9-11-16-40-39-17-13-14-18-41(39)46(33-54-24-15-25-55-53(59)35(3)4)42-21-20-38(30-43(40)42)52-44-28-36-22-26-56(5)47(36)31-50(44)60(7,8)51-32-48-37(29-45(51)52)23-27-57(48)6/h13-14,17-18,20-21,28-32,54H,1,3,9-12,15-16,19,22-27,33H2,2,4-8H3/p+1. The molecular formula is C53H63N4O2Si+. The first-order valence-electron chi connectivity index (χ1n) is 22.3. The van der Waals surface area contributed by atoms with Gasteiger partial charge in [0.05, 0.1) is 0 Å². The average Bonchev–Trinajstić information content (AvgIpc) is 3.79. The molecule has 0 bridgehead atoms. The van der Waals surface area contributed by atoms with Crippen molar-refractivity contribution in [3.05, 3.63) is 135 Å². The number of allylic oxidation sites excluding steroid dienone is 1. The fraction of sp³-hybridized carbons (Fsp3) is 0.377. The maximum absolute atomic E-state index is 12.3. The SMILES string of the molecule is C=C(C)C(=O)CCCCCCc1c2ccccc2c(CNCCCNC(=O)C(=C)C)c2ccc(C3=c4cc5c(cc4[Si](C)(C)c4cc6c(cc43)CCN6C)=[N+](C)CC5)cc12. The van der Waals surface area contributed by atoms with E-state index in [-0.39, 0.29) is 11.7 Å². The van der Waals surface area contributed by atoms with Gasteiger partial charge in [-0.15, -0.1) is 0 Å². The number of carbonyl (C=O) groups excluding carboxylic acids is 2. The van der Waals surface area contributed by atoms with E-state index in [0.29, 0.717) is 24.1 Å². The summed E-state index contributed by atoms with van der Waals surface area (Å²) in [4.78, 5) is 26.8. The van der Waals surface area contributed by atoms with Crippen LogP contribution in [0.5, 0.6) is 0 Å². The van der Waals surface area contributed by atoms with E-state index in [1.807, 2.05) is 6.92 Å². The largest absolute Gasteiger partial charge is 0.374 e. The van der Waals surface area contributed by atoms with Crippen molar-refractivity contribution >= 4 is 62.9 Å². The van der Waals surface area contributed by atoms with Crippen LogP contribution in [-0.4, -0.2) is 60.0 Å². The molecule has 0 unspecified atom stereocenters. The molecule has 0 aromatic heterocycles. The Morgan fingerprint density at radius 3 is 2.30 bits per heavy atom. The van der Waals surface area contributed by atoms with Crippen LogP contribution in [-0.2, 0) is 35.4 Å². The molecule has 0 radical (unpaired) electrons. The maximum atomic E-state index is 12.3. The molecule has 2 N–H and O–H groups in total. The zero-order valence-corrected chi connectivity index (χ0v) is 37.9. The third-order valence-corrected chi connectivity index (χ3v) is 17.2. The van der Waals surface area contributed by atoms with Gasteiger partial charge in [0.1, 0.15) is 21.7 Å². The number of hydrogen-bond donors (Lipinski definition) is 2. The van der Waals surface area contributed by atoms with Crippen LogP contribution in [0.4, 0.5) is 5.69 Å². The number of likely N-dealkylation sites (N-methyl/N-ethyl adjacent to an activating group) is 2. The van der Waals surface area contributed by atoms with Crippen LogP contribution in [0.2, 0.25) is 13.1 Å². The van der Waals surface area contributed by atoms with Crippen LogP contribution in [0.3, 0.4) is 0 Å². The van der Waals surface area contributed by atoms with E-state index >= 15 is 0 Å². The summed E-state index contributed by atoms with van der Waals surface area (Å²) in [5.74, 6) is 0.0999. The summed E-state index contributed by atoms with van der Waals surface area (Å²) in [5.41, 5.74) is 12.4. The second-order valence-electron chi connectivity index (χ2n) is 18.3. The van der Waals surface area contributed by atoms with E-state index < -0.39 is 8.07 Å². The Morgan fingerprint density at radius 2 is 1.53 bits per heavy atom. The molecule has 0 spiro atoms. The lowest BCUT2D eigenvalue weighted by molar-refractivity contribution is -0.117. The molecule has 7 heteroatoms. The predicted octanol–water partition coefficient (Wildman–Crippen LogP) is 6.86. The van der Waals surface area contributed by atoms with Gasteiger partial charge < -0.3 is 15.5 Å². The van der Waals surface area contributed by atoms with Crippen molar-refractivity contribution < 1.29 is 9.59 Å². The Balaban J connectivity index is 1.26. The van der Waals surface area contributed by atoms with E-state index in [1.165, 1.54) is 76.8 Å². The summed E-state index contributed by atoms with van der Waals surface area (Å²) in [6.45, 7) is 20.6. The Hall–Kier alpha value is -5.11. The minimum absolute atomic E-state index is 0.0841. The van der Waals surface area contributed by atoms with E-state index in [1.54, 1.807) is 17.3 Å². The molecule has 6 nitrogen and oxygen atoms in total. The Labute approximate surface area is 357 Å². The van der Waals surface area contributed by atoms with Crippen LogP contribution in [0.25, 0.3) is 27.1 Å². The summed E-state index contributed by atoms with van der Waals surface area (Å²) in [7, 11) is 2.43. The molecule has 3 heterocycles. The monoisotopic (exact) mass is 815 g/mol. The Bertz CT molecular complexity index is 2730. The summed E-state index contributed by atoms with van der Waals surface area (Å²) >= 11 is 0. The normalized spacial score (nSPS) is 14.9. The van der Waals surface area contributed by atoms with Crippen LogP contribution in [0.15, 0.2) is 91.0 Å². The van der Waals surface area contributed by atoms with Crippen molar-refractivity contribution in [2.45, 2.75) is 91.3 Å². The number of nitrogens with one attached hydrogen (secondary N) is 2. The van der Waals surface area contributed by atoms with Gasteiger partial charge in [0.25, 0.3) is 0 Å². The molecule has 0 saturated heterocycles. The first-order valence-corrected chi connectivity index (χ1v) is 25.3. The van der Waals surface area contributed by atoms with Crippen molar-refractivity contribution in [3.63, 3.8) is 0 Å². The number of anilines is 1. The zero-order chi connectivity index (χ0) is 42.3. The fourth-order valence-electron chi connectivity index (χ4n) is 10.1. The van der Waals surface area contributed by atoms with Gasteiger partial charge in [0.15, 0.2) is 5.78 Å². The highest BCUT2D eigenvalue weighted by Crippen LogP contribution is 2.38. The van der Waals surface area contributed by atoms with Gasteiger partial charge in [-0.1, -0.05) is 75.5 Å². The first kappa shape index (κ1) is 41.6. The van der Waals surface area contributed by atoms with Crippen molar-refractivity contribution in [3.8, 4) is 0 Å². The minimum Gasteiger partial charge on any atom is -0.374 e. The highest BCUT2D eigenvalue weighted by molar-refractivity contribution is 7.01. The highest BCUT2D eigenvalue weighted by atomic mass is 28.3. The maximum Gasteiger partial charge on any atom is 0.246 e. The number of amides is 1. The molecule has 0 aliphatic carbocycles. The van der Waals surface area contributed by atoms with E-state index in [0.717, 1.165) is 77.5 Å². The average molecular weight is 816 g/mol. The number of unbranched alkanes of at least 4 members (excludes halogenated alkanes) is 3. The van der Waals surface area contributed by atoms with Crippen LogP contribution < -0.4 is 41.1 Å². The quantitative estimate of drug-likeness (QED) is 0.0376. The number of carbonyl (C=O) groups is 2. The second-order valence-corrected chi connectivity index (χ2v) is 22.7. The molecule has 5 aromatic carbocycles. The molecule has 310 valence electrons. The molecule has 0 atom stereocenters. The van der Waals surface area contributed by atoms with Gasteiger partial charge in [-0.05, 0) is 153 Å². The van der Waals surface area contributed by atoms with E-state index in [9.17, 15) is 9.59 Å². The number of hydrogen-bond acceptors (Lipinski definition) is 4. The summed E-state index contributed by atoms with van der Waals surface area (Å²) in [6, 6.07) is 26.6. The lowest BCUT2D eigenvalue weighted by atomic mass is 9.86. The number of fused-ring (bicyclic) bond motifs is 6. The third kappa shape index (κ3) is 7.83. The molecule has 0 saturated carbocycles. The number of benzene rings is 5.